The average molecular weight is 316 g/mol. The third-order valence-electron chi connectivity index (χ3n) is 2.52. The molecule has 1 atom stereocenters. The molecule has 1 amide bonds. The van der Waals surface area contributed by atoms with Crippen molar-refractivity contribution in [3.63, 3.8) is 0 Å². The first-order chi connectivity index (χ1) is 8.83. The molecule has 0 saturated carbocycles. The molecule has 0 aromatic heterocycles. The van der Waals surface area contributed by atoms with Gasteiger partial charge in [-0.2, -0.15) is 6.92 Å². The number of nitrogens with zero attached hydrogens (tertiary/aromatic N) is 1. The predicted molar refractivity (Wildman–Crippen MR) is 75.6 cm³/mol. The number of alkyl halides is 2. The van der Waals surface area contributed by atoms with Crippen molar-refractivity contribution in [3.8, 4) is 0 Å². The van der Waals surface area contributed by atoms with Crippen LogP contribution in [0.2, 0.25) is 0 Å². The van der Waals surface area contributed by atoms with Crippen molar-refractivity contribution < 1.29 is 65.0 Å². The van der Waals surface area contributed by atoms with Crippen molar-refractivity contribution in [1.82, 2.24) is 10.2 Å². The molecule has 1 aliphatic heterocycles. The monoisotopic (exact) mass is 316 g/mol. The zero-order valence-corrected chi connectivity index (χ0v) is 16.6. The van der Waals surface area contributed by atoms with E-state index in [2.05, 4.69) is 26.1 Å². The van der Waals surface area contributed by atoms with Gasteiger partial charge in [-0.1, -0.05) is 13.8 Å². The van der Waals surface area contributed by atoms with Crippen LogP contribution in [0.4, 0.5) is 8.78 Å². The van der Waals surface area contributed by atoms with Gasteiger partial charge in [-0.15, -0.1) is 0 Å². The molecular formula is C14H27F2KN2O-2. The van der Waals surface area contributed by atoms with Crippen LogP contribution in [-0.4, -0.2) is 41.9 Å². The van der Waals surface area contributed by atoms with Crippen molar-refractivity contribution in [2.75, 3.05) is 13.1 Å². The van der Waals surface area contributed by atoms with Crippen LogP contribution in [0.3, 0.4) is 0 Å². The summed E-state index contributed by atoms with van der Waals surface area (Å²) in [5, 5.41) is 2.28. The molecule has 0 spiro atoms. The van der Waals surface area contributed by atoms with Crippen LogP contribution in [-0.2, 0) is 4.79 Å². The Bertz CT molecular complexity index is 251. The van der Waals surface area contributed by atoms with Crippen LogP contribution in [0.5, 0.6) is 0 Å². The van der Waals surface area contributed by atoms with E-state index in [1.807, 2.05) is 13.8 Å². The molecule has 3 nitrogen and oxygen atoms in total. The van der Waals surface area contributed by atoms with Crippen LogP contribution in [0.1, 0.15) is 34.1 Å². The second-order valence-corrected chi connectivity index (χ2v) is 3.93. The maximum atomic E-state index is 13.5. The molecule has 0 aromatic rings. The van der Waals surface area contributed by atoms with E-state index in [4.69, 9.17) is 0 Å². The average Bonchev–Trinajstić information content (AvgIpc) is 2.36. The Labute approximate surface area is 165 Å². The number of likely N-dealkylation sites (tertiary alicyclic amines) is 1. The maximum Gasteiger partial charge on any atom is 1.00 e. The van der Waals surface area contributed by atoms with E-state index in [-0.39, 0.29) is 63.8 Å². The molecule has 1 rings (SSSR count). The largest absolute Gasteiger partial charge is 1.00 e. The summed E-state index contributed by atoms with van der Waals surface area (Å²) < 4.78 is 27.1. The summed E-state index contributed by atoms with van der Waals surface area (Å²) in [6, 6.07) is -1.45. The third kappa shape index (κ3) is 9.79. The first-order valence-corrected chi connectivity index (χ1v) is 6.59. The Morgan fingerprint density at radius 2 is 1.80 bits per heavy atom. The Hall–Kier alpha value is 0.926. The first kappa shape index (κ1) is 25.9. The quantitative estimate of drug-likeness (QED) is 0.562. The second-order valence-electron chi connectivity index (χ2n) is 3.93. The fraction of sp³-hybridized carbons (Fsp3) is 0.714. The molecule has 0 bridgehead atoms. The fourth-order valence-corrected chi connectivity index (χ4v) is 1.70. The number of carbonyl (C=O) groups excluding carboxylic acids is 1. The Morgan fingerprint density at radius 3 is 2.10 bits per heavy atom. The maximum absolute atomic E-state index is 13.5. The standard InChI is InChI=1S/C10H16F2N2O.C2H6.C2H5.K/c1-7(2)14-5-4-9(13-8(3)15)10(11,12)6-14;2*1-2;/h7,9H,1-2,4-6H2,3H3,(H,13,15);1-2H3;1H2,2H3;/q-2;;-1;+1. The van der Waals surface area contributed by atoms with Crippen LogP contribution in [0.15, 0.2) is 0 Å². The Morgan fingerprint density at radius 1 is 1.35 bits per heavy atom. The van der Waals surface area contributed by atoms with Crippen molar-refractivity contribution in [1.29, 1.82) is 0 Å². The molecule has 0 aromatic carbocycles. The van der Waals surface area contributed by atoms with Crippen LogP contribution >= 0.6 is 0 Å². The van der Waals surface area contributed by atoms with Crippen molar-refractivity contribution in [2.24, 2.45) is 0 Å². The van der Waals surface area contributed by atoms with E-state index in [1.54, 1.807) is 6.92 Å². The van der Waals surface area contributed by atoms with E-state index in [9.17, 15) is 13.6 Å². The number of amides is 1. The van der Waals surface area contributed by atoms with E-state index in [0.717, 1.165) is 0 Å². The van der Waals surface area contributed by atoms with Gasteiger partial charge in [0.1, 0.15) is 0 Å². The SMILES string of the molecule is CC.[CH2-]C.[CH2-]C([CH2-])N1CCC(NC(C)=O)C(F)(F)C1.[K+]. The minimum absolute atomic E-state index is 0. The number of piperidine rings is 1. The van der Waals surface area contributed by atoms with Gasteiger partial charge < -0.3 is 31.0 Å². The number of hydrogen-bond acceptors (Lipinski definition) is 2. The minimum atomic E-state index is -2.91. The topological polar surface area (TPSA) is 32.3 Å². The molecule has 1 aliphatic rings. The van der Waals surface area contributed by atoms with Gasteiger partial charge in [-0.25, -0.2) is 14.8 Å². The first-order valence-electron chi connectivity index (χ1n) is 6.59. The molecule has 1 unspecified atom stereocenters. The normalized spacial score (nSPS) is 20.6. The van der Waals surface area contributed by atoms with Gasteiger partial charge in [0.2, 0.25) is 5.91 Å². The molecule has 116 valence electrons. The molecule has 1 saturated heterocycles. The van der Waals surface area contributed by atoms with Gasteiger partial charge in [0.15, 0.2) is 0 Å². The van der Waals surface area contributed by atoms with Crippen LogP contribution in [0.25, 0.3) is 0 Å². The Kier molecular flexibility index (Phi) is 17.6. The summed E-state index contributed by atoms with van der Waals surface area (Å²) in [6.07, 6.45) is 0.230. The van der Waals surface area contributed by atoms with Crippen LogP contribution < -0.4 is 56.7 Å². The third-order valence-corrected chi connectivity index (χ3v) is 2.52. The second kappa shape index (κ2) is 13.6. The summed E-state index contributed by atoms with van der Waals surface area (Å²) in [6.45, 7) is 17.6. The van der Waals surface area contributed by atoms with E-state index in [0.29, 0.717) is 6.54 Å². The zero-order valence-electron chi connectivity index (χ0n) is 13.5. The van der Waals surface area contributed by atoms with E-state index >= 15 is 0 Å². The van der Waals surface area contributed by atoms with E-state index in [1.165, 1.54) is 11.8 Å². The number of rotatable bonds is 2. The molecule has 1 fully saturated rings. The minimum Gasteiger partial charge on any atom is -0.356 e. The predicted octanol–water partition coefficient (Wildman–Crippen LogP) is -0.261. The molecule has 1 N–H and O–H groups in total. The van der Waals surface area contributed by atoms with Gasteiger partial charge in [0.05, 0.1) is 12.6 Å². The van der Waals surface area contributed by atoms with Crippen molar-refractivity contribution in [2.45, 2.75) is 52.1 Å². The molecule has 6 heteroatoms. The molecular weight excluding hydrogens is 289 g/mol. The number of halogens is 2. The molecule has 1 heterocycles. The Balaban J connectivity index is -0.000000529. The fourth-order valence-electron chi connectivity index (χ4n) is 1.70. The molecule has 0 radical (unpaired) electrons. The summed E-state index contributed by atoms with van der Waals surface area (Å²) >= 11 is 0. The van der Waals surface area contributed by atoms with Crippen LogP contribution in [0, 0.1) is 20.8 Å². The van der Waals surface area contributed by atoms with E-state index < -0.39 is 24.4 Å². The number of nitrogens with one attached hydrogen (secondary N) is 1. The summed E-state index contributed by atoms with van der Waals surface area (Å²) in [5.74, 6) is -3.33. The summed E-state index contributed by atoms with van der Waals surface area (Å²) in [4.78, 5) is 12.2. The van der Waals surface area contributed by atoms with Gasteiger partial charge in [-0.05, 0) is 13.0 Å². The molecule has 0 aliphatic carbocycles. The number of carbonyl (C=O) groups is 1. The van der Waals surface area contributed by atoms with Gasteiger partial charge >= 0.3 is 51.4 Å². The zero-order chi connectivity index (χ0) is 15.6. The summed E-state index contributed by atoms with van der Waals surface area (Å²) in [7, 11) is 0. The van der Waals surface area contributed by atoms with Gasteiger partial charge in [0, 0.05) is 6.92 Å². The van der Waals surface area contributed by atoms with Crippen molar-refractivity contribution in [3.05, 3.63) is 20.8 Å². The summed E-state index contributed by atoms with van der Waals surface area (Å²) in [5.41, 5.74) is 0. The van der Waals surface area contributed by atoms with Crippen molar-refractivity contribution >= 4 is 5.91 Å². The molecule has 20 heavy (non-hydrogen) atoms. The van der Waals surface area contributed by atoms with Gasteiger partial charge in [0.25, 0.3) is 5.92 Å². The van der Waals surface area contributed by atoms with Gasteiger partial charge in [-0.3, -0.25) is 4.79 Å². The number of hydrogen-bond donors (Lipinski definition) is 1. The smallest absolute Gasteiger partial charge is 0.356 e.